The van der Waals surface area contributed by atoms with Crippen LogP contribution in [0.4, 0.5) is 5.69 Å². The molecule has 2 N–H and O–H groups in total. The molecule has 0 spiro atoms. The van der Waals surface area contributed by atoms with Gasteiger partial charge in [-0.15, -0.1) is 0 Å². The molecular formula is C17H19NO5. The van der Waals surface area contributed by atoms with Crippen LogP contribution >= 0.6 is 0 Å². The van der Waals surface area contributed by atoms with Crippen LogP contribution in [0.2, 0.25) is 0 Å². The van der Waals surface area contributed by atoms with Gasteiger partial charge in [0.25, 0.3) is 5.91 Å². The van der Waals surface area contributed by atoms with Gasteiger partial charge < -0.3 is 24.6 Å². The Morgan fingerprint density at radius 1 is 1.00 bits per heavy atom. The maximum atomic E-state index is 12.4. The second-order valence-corrected chi connectivity index (χ2v) is 4.87. The fourth-order valence-electron chi connectivity index (χ4n) is 2.15. The monoisotopic (exact) mass is 317 g/mol. The molecule has 0 radical (unpaired) electrons. The molecule has 23 heavy (non-hydrogen) atoms. The molecule has 0 saturated carbocycles. The number of hydrogen-bond donors (Lipinski definition) is 2. The van der Waals surface area contributed by atoms with E-state index in [1.165, 1.54) is 27.4 Å². The molecule has 2 aromatic rings. The van der Waals surface area contributed by atoms with E-state index >= 15 is 0 Å². The Kier molecular flexibility index (Phi) is 4.95. The Hall–Kier alpha value is -2.89. The predicted molar refractivity (Wildman–Crippen MR) is 86.9 cm³/mol. The lowest BCUT2D eigenvalue weighted by atomic mass is 10.1. The number of amides is 1. The third kappa shape index (κ3) is 3.48. The lowest BCUT2D eigenvalue weighted by molar-refractivity contribution is 0.102. The minimum atomic E-state index is -0.325. The summed E-state index contributed by atoms with van der Waals surface area (Å²) >= 11 is 0. The van der Waals surface area contributed by atoms with Crippen molar-refractivity contribution in [2.24, 2.45) is 0 Å². The molecule has 2 rings (SSSR count). The highest BCUT2D eigenvalue weighted by Crippen LogP contribution is 2.38. The van der Waals surface area contributed by atoms with Gasteiger partial charge in [-0.2, -0.15) is 0 Å². The van der Waals surface area contributed by atoms with Crippen molar-refractivity contribution in [3.63, 3.8) is 0 Å². The largest absolute Gasteiger partial charge is 0.508 e. The van der Waals surface area contributed by atoms with Crippen LogP contribution in [0.5, 0.6) is 23.0 Å². The second-order valence-electron chi connectivity index (χ2n) is 4.87. The standard InChI is InChI=1S/C17H19NO5/c1-10-7-12(5-6-13(10)19)18-17(20)11-8-14(21-2)16(23-4)15(9-11)22-3/h5-9,19H,1-4H3,(H,18,20). The zero-order valence-corrected chi connectivity index (χ0v) is 13.5. The van der Waals surface area contributed by atoms with Crippen LogP contribution in [0.1, 0.15) is 15.9 Å². The molecule has 0 aliphatic heterocycles. The second kappa shape index (κ2) is 6.91. The quantitative estimate of drug-likeness (QED) is 0.829. The van der Waals surface area contributed by atoms with Crippen molar-refractivity contribution in [1.82, 2.24) is 0 Å². The molecule has 1 amide bonds. The van der Waals surface area contributed by atoms with Gasteiger partial charge in [0.15, 0.2) is 11.5 Å². The average Bonchev–Trinajstić information content (AvgIpc) is 2.56. The molecule has 6 nitrogen and oxygen atoms in total. The highest BCUT2D eigenvalue weighted by atomic mass is 16.5. The molecule has 0 atom stereocenters. The molecule has 0 unspecified atom stereocenters. The molecule has 0 heterocycles. The Balaban J connectivity index is 2.33. The summed E-state index contributed by atoms with van der Waals surface area (Å²) < 4.78 is 15.7. The third-order valence-electron chi connectivity index (χ3n) is 3.38. The van der Waals surface area contributed by atoms with Crippen molar-refractivity contribution in [3.8, 4) is 23.0 Å². The summed E-state index contributed by atoms with van der Waals surface area (Å²) in [7, 11) is 4.48. The van der Waals surface area contributed by atoms with E-state index in [1.807, 2.05) is 0 Å². The summed E-state index contributed by atoms with van der Waals surface area (Å²) in [4.78, 5) is 12.4. The Morgan fingerprint density at radius 2 is 1.61 bits per heavy atom. The molecule has 0 aliphatic carbocycles. The highest BCUT2D eigenvalue weighted by molar-refractivity contribution is 6.05. The summed E-state index contributed by atoms with van der Waals surface area (Å²) in [5, 5.41) is 12.3. The van der Waals surface area contributed by atoms with Crippen molar-refractivity contribution in [3.05, 3.63) is 41.5 Å². The van der Waals surface area contributed by atoms with Gasteiger partial charge in [0.05, 0.1) is 21.3 Å². The molecule has 0 bridgehead atoms. The molecule has 0 fully saturated rings. The molecule has 2 aromatic carbocycles. The van der Waals surface area contributed by atoms with E-state index in [0.717, 1.165) is 0 Å². The van der Waals surface area contributed by atoms with Gasteiger partial charge in [0.2, 0.25) is 5.75 Å². The van der Waals surface area contributed by atoms with Crippen LogP contribution in [0.15, 0.2) is 30.3 Å². The van der Waals surface area contributed by atoms with E-state index in [2.05, 4.69) is 5.32 Å². The van der Waals surface area contributed by atoms with Crippen LogP contribution in [0.3, 0.4) is 0 Å². The summed E-state index contributed by atoms with van der Waals surface area (Å²) in [6.45, 7) is 1.75. The molecule has 122 valence electrons. The number of methoxy groups -OCH3 is 3. The van der Waals surface area contributed by atoms with Gasteiger partial charge in [-0.1, -0.05) is 0 Å². The van der Waals surface area contributed by atoms with E-state index in [-0.39, 0.29) is 11.7 Å². The lowest BCUT2D eigenvalue weighted by Gasteiger charge is -2.14. The first-order valence-electron chi connectivity index (χ1n) is 6.91. The number of nitrogens with one attached hydrogen (secondary N) is 1. The van der Waals surface area contributed by atoms with Crippen molar-refractivity contribution in [2.75, 3.05) is 26.6 Å². The number of rotatable bonds is 5. The SMILES string of the molecule is COc1cc(C(=O)Nc2ccc(O)c(C)c2)cc(OC)c1OC. The number of phenolic OH excluding ortho intramolecular Hbond substituents is 1. The van der Waals surface area contributed by atoms with E-state index in [4.69, 9.17) is 14.2 Å². The summed E-state index contributed by atoms with van der Waals surface area (Å²) in [6.07, 6.45) is 0. The first-order chi connectivity index (χ1) is 11.0. The van der Waals surface area contributed by atoms with Crippen molar-refractivity contribution >= 4 is 11.6 Å². The zero-order valence-electron chi connectivity index (χ0n) is 13.5. The van der Waals surface area contributed by atoms with Gasteiger partial charge in [-0.25, -0.2) is 0 Å². The smallest absolute Gasteiger partial charge is 0.255 e. The number of aryl methyl sites for hydroxylation is 1. The average molecular weight is 317 g/mol. The van der Waals surface area contributed by atoms with Gasteiger partial charge in [0, 0.05) is 11.3 Å². The first-order valence-corrected chi connectivity index (χ1v) is 6.91. The van der Waals surface area contributed by atoms with Gasteiger partial charge >= 0.3 is 0 Å². The van der Waals surface area contributed by atoms with E-state index in [1.54, 1.807) is 31.2 Å². The van der Waals surface area contributed by atoms with E-state index in [0.29, 0.717) is 34.1 Å². The minimum Gasteiger partial charge on any atom is -0.508 e. The number of ether oxygens (including phenoxy) is 3. The van der Waals surface area contributed by atoms with Crippen LogP contribution in [0, 0.1) is 6.92 Å². The molecule has 0 saturated heterocycles. The topological polar surface area (TPSA) is 77.0 Å². The number of hydrogen-bond acceptors (Lipinski definition) is 5. The number of aromatic hydroxyl groups is 1. The van der Waals surface area contributed by atoms with Crippen LogP contribution in [0.25, 0.3) is 0 Å². The summed E-state index contributed by atoms with van der Waals surface area (Å²) in [5.74, 6) is 1.08. The zero-order chi connectivity index (χ0) is 17.0. The fourth-order valence-corrected chi connectivity index (χ4v) is 2.15. The Bertz CT molecular complexity index is 702. The van der Waals surface area contributed by atoms with E-state index in [9.17, 15) is 9.90 Å². The number of carbonyl (C=O) groups excluding carboxylic acids is 1. The number of phenols is 1. The number of anilines is 1. The van der Waals surface area contributed by atoms with E-state index < -0.39 is 0 Å². The molecule has 6 heteroatoms. The fraction of sp³-hybridized carbons (Fsp3) is 0.235. The lowest BCUT2D eigenvalue weighted by Crippen LogP contribution is -2.12. The number of benzene rings is 2. The third-order valence-corrected chi connectivity index (χ3v) is 3.38. The van der Waals surface area contributed by atoms with Crippen molar-refractivity contribution in [1.29, 1.82) is 0 Å². The van der Waals surface area contributed by atoms with Gasteiger partial charge in [0.1, 0.15) is 5.75 Å². The summed E-state index contributed by atoms with van der Waals surface area (Å²) in [5.41, 5.74) is 1.62. The first kappa shape index (κ1) is 16.5. The van der Waals surface area contributed by atoms with Crippen molar-refractivity contribution in [2.45, 2.75) is 6.92 Å². The maximum absolute atomic E-state index is 12.4. The normalized spacial score (nSPS) is 10.1. The molecular weight excluding hydrogens is 298 g/mol. The Labute approximate surface area is 134 Å². The number of carbonyl (C=O) groups is 1. The van der Waals surface area contributed by atoms with Crippen molar-refractivity contribution < 1.29 is 24.1 Å². The Morgan fingerprint density at radius 3 is 2.09 bits per heavy atom. The predicted octanol–water partition coefficient (Wildman–Crippen LogP) is 2.98. The van der Waals surface area contributed by atoms with Crippen LogP contribution < -0.4 is 19.5 Å². The minimum absolute atomic E-state index is 0.177. The van der Waals surface area contributed by atoms with Gasteiger partial charge in [-0.05, 0) is 42.8 Å². The molecule has 0 aromatic heterocycles. The maximum Gasteiger partial charge on any atom is 0.255 e. The highest BCUT2D eigenvalue weighted by Gasteiger charge is 2.17. The van der Waals surface area contributed by atoms with Crippen LogP contribution in [-0.2, 0) is 0 Å². The van der Waals surface area contributed by atoms with Gasteiger partial charge in [-0.3, -0.25) is 4.79 Å². The van der Waals surface area contributed by atoms with Crippen LogP contribution in [-0.4, -0.2) is 32.3 Å². The summed E-state index contributed by atoms with van der Waals surface area (Å²) in [6, 6.07) is 7.98. The molecule has 0 aliphatic rings.